The van der Waals surface area contributed by atoms with Crippen LogP contribution in [0.5, 0.6) is 5.75 Å². The monoisotopic (exact) mass is 320 g/mol. The predicted octanol–water partition coefficient (Wildman–Crippen LogP) is 3.63. The number of rotatable bonds is 6. The van der Waals surface area contributed by atoms with Gasteiger partial charge >= 0.3 is 5.97 Å². The Morgan fingerprint density at radius 2 is 2.09 bits per heavy atom. The molecule has 0 aliphatic carbocycles. The van der Waals surface area contributed by atoms with Gasteiger partial charge in [0.15, 0.2) is 5.60 Å². The van der Waals surface area contributed by atoms with E-state index in [2.05, 4.69) is 0 Å². The molecule has 22 heavy (non-hydrogen) atoms. The quantitative estimate of drug-likeness (QED) is 0.826. The summed E-state index contributed by atoms with van der Waals surface area (Å²) in [5.74, 6) is 0.191. The van der Waals surface area contributed by atoms with Crippen molar-refractivity contribution in [2.24, 2.45) is 0 Å². The molecule has 0 unspecified atom stereocenters. The van der Waals surface area contributed by atoms with Crippen molar-refractivity contribution in [3.8, 4) is 16.2 Å². The molecule has 2 rings (SSSR count). The van der Waals surface area contributed by atoms with Crippen LogP contribution in [0, 0.1) is 0 Å². The summed E-state index contributed by atoms with van der Waals surface area (Å²) in [6, 6.07) is 9.37. The maximum absolute atomic E-state index is 12.0. The normalized spacial score (nSPS) is 11.3. The lowest BCUT2D eigenvalue weighted by Gasteiger charge is -2.25. The van der Waals surface area contributed by atoms with Gasteiger partial charge in [-0.25, -0.2) is 4.79 Å². The highest BCUT2D eigenvalue weighted by molar-refractivity contribution is 7.13. The van der Waals surface area contributed by atoms with Crippen molar-refractivity contribution < 1.29 is 19.4 Å². The lowest BCUT2D eigenvalue weighted by atomic mass is 10.1. The summed E-state index contributed by atoms with van der Waals surface area (Å²) in [7, 11) is 0. The van der Waals surface area contributed by atoms with E-state index in [1.165, 1.54) is 0 Å². The Bertz CT molecular complexity index is 632. The van der Waals surface area contributed by atoms with Crippen molar-refractivity contribution in [3.05, 3.63) is 41.3 Å². The standard InChI is InChI=1S/C17H20O4S/c1-4-20-16(19)17(2,3)21-14-8-7-12(11-18)10-13(14)15-6-5-9-22-15/h5-10,18H,4,11H2,1-3H3. The second kappa shape index (κ2) is 6.94. The van der Waals surface area contributed by atoms with E-state index in [0.29, 0.717) is 12.4 Å². The molecule has 0 atom stereocenters. The SMILES string of the molecule is CCOC(=O)C(C)(C)Oc1ccc(CO)cc1-c1cccs1. The van der Waals surface area contributed by atoms with Gasteiger partial charge in [-0.3, -0.25) is 0 Å². The molecule has 0 fully saturated rings. The van der Waals surface area contributed by atoms with E-state index in [9.17, 15) is 9.90 Å². The third-order valence-corrected chi connectivity index (χ3v) is 4.05. The molecular weight excluding hydrogens is 300 g/mol. The number of carbonyl (C=O) groups is 1. The highest BCUT2D eigenvalue weighted by Crippen LogP contribution is 2.36. The zero-order chi connectivity index (χ0) is 16.2. The van der Waals surface area contributed by atoms with Gasteiger partial charge in [-0.05, 0) is 49.9 Å². The third kappa shape index (κ3) is 3.67. The summed E-state index contributed by atoms with van der Waals surface area (Å²) in [5, 5.41) is 11.3. The minimum Gasteiger partial charge on any atom is -0.475 e. The molecule has 0 amide bonds. The molecule has 0 bridgehead atoms. The smallest absolute Gasteiger partial charge is 0.349 e. The molecule has 0 saturated heterocycles. The lowest BCUT2D eigenvalue weighted by molar-refractivity contribution is -0.158. The minimum atomic E-state index is -1.08. The van der Waals surface area contributed by atoms with E-state index in [-0.39, 0.29) is 6.61 Å². The van der Waals surface area contributed by atoms with Gasteiger partial charge in [0.25, 0.3) is 0 Å². The fourth-order valence-electron chi connectivity index (χ4n) is 2.01. The van der Waals surface area contributed by atoms with Crippen molar-refractivity contribution in [1.82, 2.24) is 0 Å². The minimum absolute atomic E-state index is 0.0417. The first kappa shape index (κ1) is 16.5. The maximum Gasteiger partial charge on any atom is 0.349 e. The van der Waals surface area contributed by atoms with Gasteiger partial charge in [0.05, 0.1) is 13.2 Å². The summed E-state index contributed by atoms with van der Waals surface area (Å²) < 4.78 is 11.0. The van der Waals surface area contributed by atoms with Crippen LogP contribution < -0.4 is 4.74 Å². The van der Waals surface area contributed by atoms with Gasteiger partial charge in [0, 0.05) is 10.4 Å². The third-order valence-electron chi connectivity index (χ3n) is 3.15. The Morgan fingerprint density at radius 3 is 2.68 bits per heavy atom. The van der Waals surface area contributed by atoms with Crippen molar-refractivity contribution in [1.29, 1.82) is 0 Å². The summed E-state index contributed by atoms with van der Waals surface area (Å²) >= 11 is 1.58. The van der Waals surface area contributed by atoms with Crippen molar-refractivity contribution >= 4 is 17.3 Å². The van der Waals surface area contributed by atoms with Gasteiger partial charge in [0.1, 0.15) is 5.75 Å². The predicted molar refractivity (Wildman–Crippen MR) is 87.0 cm³/mol. The van der Waals surface area contributed by atoms with E-state index in [1.54, 1.807) is 44.2 Å². The zero-order valence-electron chi connectivity index (χ0n) is 13.0. The molecule has 4 nitrogen and oxygen atoms in total. The van der Waals surface area contributed by atoms with E-state index in [1.807, 2.05) is 23.6 Å². The van der Waals surface area contributed by atoms with Crippen LogP contribution in [0.2, 0.25) is 0 Å². The van der Waals surface area contributed by atoms with Crippen LogP contribution in [0.15, 0.2) is 35.7 Å². The Labute approximate surface area is 134 Å². The Kier molecular flexibility index (Phi) is 5.21. The lowest BCUT2D eigenvalue weighted by Crippen LogP contribution is -2.39. The molecule has 1 heterocycles. The molecule has 0 spiro atoms. The first-order chi connectivity index (χ1) is 10.5. The number of hydrogen-bond acceptors (Lipinski definition) is 5. The van der Waals surface area contributed by atoms with Crippen molar-refractivity contribution in [3.63, 3.8) is 0 Å². The molecule has 118 valence electrons. The van der Waals surface area contributed by atoms with Crippen LogP contribution in [-0.4, -0.2) is 23.3 Å². The van der Waals surface area contributed by atoms with E-state index in [4.69, 9.17) is 9.47 Å². The van der Waals surface area contributed by atoms with Crippen LogP contribution in [-0.2, 0) is 16.1 Å². The number of thiophene rings is 1. The molecule has 5 heteroatoms. The molecule has 0 radical (unpaired) electrons. The Hall–Kier alpha value is -1.85. The summed E-state index contributed by atoms with van der Waals surface area (Å²) in [4.78, 5) is 13.0. The number of esters is 1. The van der Waals surface area contributed by atoms with Gasteiger partial charge in [-0.15, -0.1) is 11.3 Å². The topological polar surface area (TPSA) is 55.8 Å². The van der Waals surface area contributed by atoms with E-state index in [0.717, 1.165) is 16.0 Å². The summed E-state index contributed by atoms with van der Waals surface area (Å²) in [6.07, 6.45) is 0. The highest BCUT2D eigenvalue weighted by atomic mass is 32.1. The molecule has 0 aliphatic rings. The molecule has 0 saturated carbocycles. The number of hydrogen-bond donors (Lipinski definition) is 1. The summed E-state index contributed by atoms with van der Waals surface area (Å²) in [6.45, 7) is 5.40. The largest absolute Gasteiger partial charge is 0.475 e. The summed E-state index contributed by atoms with van der Waals surface area (Å²) in [5.41, 5.74) is 0.576. The van der Waals surface area contributed by atoms with Crippen LogP contribution in [0.25, 0.3) is 10.4 Å². The number of aliphatic hydroxyl groups excluding tert-OH is 1. The first-order valence-corrected chi connectivity index (χ1v) is 7.99. The van der Waals surface area contributed by atoms with Gasteiger partial charge in [0.2, 0.25) is 0 Å². The molecule has 1 aromatic carbocycles. The molecule has 1 aromatic heterocycles. The molecule has 1 N–H and O–H groups in total. The average Bonchev–Trinajstić information content (AvgIpc) is 3.01. The molecule has 0 aliphatic heterocycles. The number of carbonyl (C=O) groups excluding carboxylic acids is 1. The van der Waals surface area contributed by atoms with E-state index >= 15 is 0 Å². The fraction of sp³-hybridized carbons (Fsp3) is 0.353. The van der Waals surface area contributed by atoms with Gasteiger partial charge in [-0.1, -0.05) is 12.1 Å². The first-order valence-electron chi connectivity index (χ1n) is 7.12. The number of benzene rings is 1. The maximum atomic E-state index is 12.0. The van der Waals surface area contributed by atoms with Crippen molar-refractivity contribution in [2.75, 3.05) is 6.61 Å². The van der Waals surface area contributed by atoms with Gasteiger partial charge < -0.3 is 14.6 Å². The second-order valence-electron chi connectivity index (χ2n) is 5.30. The number of ether oxygens (including phenoxy) is 2. The van der Waals surface area contributed by atoms with E-state index < -0.39 is 11.6 Å². The molecular formula is C17H20O4S. The van der Waals surface area contributed by atoms with Crippen molar-refractivity contribution in [2.45, 2.75) is 33.0 Å². The van der Waals surface area contributed by atoms with Gasteiger partial charge in [-0.2, -0.15) is 0 Å². The zero-order valence-corrected chi connectivity index (χ0v) is 13.8. The second-order valence-corrected chi connectivity index (χ2v) is 6.25. The highest BCUT2D eigenvalue weighted by Gasteiger charge is 2.32. The number of aliphatic hydroxyl groups is 1. The fourth-order valence-corrected chi connectivity index (χ4v) is 2.76. The van der Waals surface area contributed by atoms with Crippen LogP contribution >= 0.6 is 11.3 Å². The van der Waals surface area contributed by atoms with Crippen LogP contribution in [0.3, 0.4) is 0 Å². The Balaban J connectivity index is 2.37. The Morgan fingerprint density at radius 1 is 1.32 bits per heavy atom. The van der Waals surface area contributed by atoms with Crippen LogP contribution in [0.4, 0.5) is 0 Å². The molecule has 2 aromatic rings. The van der Waals surface area contributed by atoms with Crippen LogP contribution in [0.1, 0.15) is 26.3 Å². The average molecular weight is 320 g/mol.